The molecule has 1 fully saturated rings. The Bertz CT molecular complexity index is 521. The molecular formula is C11H16ClN3O2S. The van der Waals surface area contributed by atoms with Crippen LogP contribution < -0.4 is 4.72 Å². The minimum absolute atomic E-state index is 0.0357. The molecule has 1 aliphatic heterocycles. The van der Waals surface area contributed by atoms with Gasteiger partial charge in [0.2, 0.25) is 0 Å². The lowest BCUT2D eigenvalue weighted by molar-refractivity contribution is 0.270. The quantitative estimate of drug-likeness (QED) is 0.868. The van der Waals surface area contributed by atoms with E-state index in [1.165, 1.54) is 16.6 Å². The second kappa shape index (κ2) is 5.42. The van der Waals surface area contributed by atoms with E-state index in [1.807, 2.05) is 6.92 Å². The van der Waals surface area contributed by atoms with Crippen LogP contribution in [0.3, 0.4) is 0 Å². The highest BCUT2D eigenvalue weighted by Crippen LogP contribution is 2.22. The van der Waals surface area contributed by atoms with Crippen LogP contribution in [-0.4, -0.2) is 30.3 Å². The zero-order valence-electron chi connectivity index (χ0n) is 10.1. The Morgan fingerprint density at radius 2 is 2.28 bits per heavy atom. The lowest BCUT2D eigenvalue weighted by Gasteiger charge is -2.32. The van der Waals surface area contributed by atoms with Gasteiger partial charge in [-0.2, -0.15) is 12.7 Å². The van der Waals surface area contributed by atoms with Gasteiger partial charge in [-0.1, -0.05) is 18.0 Å². The summed E-state index contributed by atoms with van der Waals surface area (Å²) in [6.07, 6.45) is 4.36. The Morgan fingerprint density at radius 3 is 2.94 bits per heavy atom. The van der Waals surface area contributed by atoms with Crippen LogP contribution in [0.2, 0.25) is 5.15 Å². The maximum absolute atomic E-state index is 12.2. The molecule has 0 saturated carbocycles. The minimum Gasteiger partial charge on any atom is -0.271 e. The van der Waals surface area contributed by atoms with Gasteiger partial charge >= 0.3 is 10.2 Å². The summed E-state index contributed by atoms with van der Waals surface area (Å²) in [5, 5.41) is 0.266. The van der Waals surface area contributed by atoms with Crippen molar-refractivity contribution in [3.05, 3.63) is 23.5 Å². The van der Waals surface area contributed by atoms with E-state index in [1.54, 1.807) is 6.07 Å². The van der Waals surface area contributed by atoms with E-state index in [0.29, 0.717) is 12.2 Å². The number of aromatic nitrogens is 1. The molecule has 0 spiro atoms. The number of nitrogens with one attached hydrogen (secondary N) is 1. The molecule has 1 aliphatic rings. The topological polar surface area (TPSA) is 62.3 Å². The molecule has 1 saturated heterocycles. The second-order valence-corrected chi connectivity index (χ2v) is 6.44. The Hall–Kier alpha value is -0.850. The Morgan fingerprint density at radius 1 is 1.50 bits per heavy atom. The zero-order chi connectivity index (χ0) is 13.2. The SMILES string of the molecule is CC1CCCCN1S(=O)(=O)Nc1ccnc(Cl)c1. The Balaban J connectivity index is 2.16. The number of hydrogen-bond donors (Lipinski definition) is 1. The maximum atomic E-state index is 12.2. The van der Waals surface area contributed by atoms with Crippen LogP contribution in [0.25, 0.3) is 0 Å². The predicted molar refractivity (Wildman–Crippen MR) is 71.8 cm³/mol. The van der Waals surface area contributed by atoms with E-state index < -0.39 is 10.2 Å². The van der Waals surface area contributed by atoms with Gasteiger partial charge in [0, 0.05) is 18.8 Å². The van der Waals surface area contributed by atoms with E-state index in [4.69, 9.17) is 11.6 Å². The molecule has 0 aliphatic carbocycles. The van der Waals surface area contributed by atoms with Gasteiger partial charge in [0.15, 0.2) is 0 Å². The van der Waals surface area contributed by atoms with Crippen molar-refractivity contribution in [2.24, 2.45) is 0 Å². The molecule has 18 heavy (non-hydrogen) atoms. The van der Waals surface area contributed by atoms with Crippen molar-refractivity contribution in [3.8, 4) is 0 Å². The van der Waals surface area contributed by atoms with Gasteiger partial charge in [0.1, 0.15) is 5.15 Å². The fraction of sp³-hybridized carbons (Fsp3) is 0.545. The van der Waals surface area contributed by atoms with Crippen molar-refractivity contribution in [2.45, 2.75) is 32.2 Å². The first kappa shape index (κ1) is 13.6. The Labute approximate surface area is 112 Å². The Kier molecular flexibility index (Phi) is 4.09. The molecule has 1 aromatic heterocycles. The first-order valence-corrected chi connectivity index (χ1v) is 7.72. The highest BCUT2D eigenvalue weighted by Gasteiger charge is 2.29. The van der Waals surface area contributed by atoms with Gasteiger partial charge in [0.05, 0.1) is 5.69 Å². The van der Waals surface area contributed by atoms with Crippen molar-refractivity contribution in [1.29, 1.82) is 0 Å². The molecule has 1 aromatic rings. The normalized spacial score (nSPS) is 21.8. The molecule has 0 amide bonds. The fourth-order valence-corrected chi connectivity index (χ4v) is 3.77. The summed E-state index contributed by atoms with van der Waals surface area (Å²) in [5.41, 5.74) is 0.438. The number of nitrogens with zero attached hydrogens (tertiary/aromatic N) is 2. The molecule has 7 heteroatoms. The molecule has 1 N–H and O–H groups in total. The van der Waals surface area contributed by atoms with E-state index >= 15 is 0 Å². The minimum atomic E-state index is -3.51. The van der Waals surface area contributed by atoms with Crippen LogP contribution in [0.5, 0.6) is 0 Å². The summed E-state index contributed by atoms with van der Waals surface area (Å²) < 4.78 is 28.5. The highest BCUT2D eigenvalue weighted by molar-refractivity contribution is 7.90. The molecule has 2 rings (SSSR count). The van der Waals surface area contributed by atoms with E-state index in [-0.39, 0.29) is 11.2 Å². The zero-order valence-corrected chi connectivity index (χ0v) is 11.7. The molecule has 1 unspecified atom stereocenters. The van der Waals surface area contributed by atoms with Gasteiger partial charge in [-0.3, -0.25) is 4.72 Å². The van der Waals surface area contributed by atoms with Crippen LogP contribution in [0, 0.1) is 0 Å². The molecule has 100 valence electrons. The number of anilines is 1. The van der Waals surface area contributed by atoms with E-state index in [9.17, 15) is 8.42 Å². The standard InChI is InChI=1S/C11H16ClN3O2S/c1-9-4-2-3-7-15(9)18(16,17)14-10-5-6-13-11(12)8-10/h5-6,8-9H,2-4,7H2,1H3,(H,13,14). The number of pyridine rings is 1. The summed E-state index contributed by atoms with van der Waals surface area (Å²) in [5.74, 6) is 0. The van der Waals surface area contributed by atoms with Crippen molar-refractivity contribution in [1.82, 2.24) is 9.29 Å². The summed E-state index contributed by atoms with van der Waals surface area (Å²) in [4.78, 5) is 3.81. The molecule has 1 atom stereocenters. The lowest BCUT2D eigenvalue weighted by atomic mass is 10.1. The van der Waals surface area contributed by atoms with Gasteiger partial charge < -0.3 is 0 Å². The fourth-order valence-electron chi connectivity index (χ4n) is 2.10. The molecular weight excluding hydrogens is 274 g/mol. The largest absolute Gasteiger partial charge is 0.301 e. The average molecular weight is 290 g/mol. The third kappa shape index (κ3) is 3.13. The van der Waals surface area contributed by atoms with Crippen molar-refractivity contribution >= 4 is 27.5 Å². The monoisotopic (exact) mass is 289 g/mol. The number of rotatable bonds is 3. The van der Waals surface area contributed by atoms with Crippen molar-refractivity contribution in [3.63, 3.8) is 0 Å². The third-order valence-electron chi connectivity index (χ3n) is 3.02. The van der Waals surface area contributed by atoms with Crippen LogP contribution in [0.4, 0.5) is 5.69 Å². The molecule has 0 bridgehead atoms. The average Bonchev–Trinajstić information content (AvgIpc) is 2.28. The van der Waals surface area contributed by atoms with Crippen LogP contribution in [-0.2, 0) is 10.2 Å². The summed E-state index contributed by atoms with van der Waals surface area (Å²) in [6.45, 7) is 2.49. The van der Waals surface area contributed by atoms with Crippen LogP contribution in [0.15, 0.2) is 18.3 Å². The maximum Gasteiger partial charge on any atom is 0.301 e. The van der Waals surface area contributed by atoms with Gasteiger partial charge in [-0.15, -0.1) is 0 Å². The summed E-state index contributed by atoms with van der Waals surface area (Å²) >= 11 is 5.73. The summed E-state index contributed by atoms with van der Waals surface area (Å²) in [6, 6.07) is 3.11. The molecule has 5 nitrogen and oxygen atoms in total. The number of halogens is 1. The molecule has 0 aromatic carbocycles. The van der Waals surface area contributed by atoms with Crippen molar-refractivity contribution < 1.29 is 8.42 Å². The predicted octanol–water partition coefficient (Wildman–Crippen LogP) is 2.27. The summed E-state index contributed by atoms with van der Waals surface area (Å²) in [7, 11) is -3.51. The third-order valence-corrected chi connectivity index (χ3v) is 4.88. The first-order chi connectivity index (χ1) is 8.49. The number of hydrogen-bond acceptors (Lipinski definition) is 3. The smallest absolute Gasteiger partial charge is 0.271 e. The molecule has 2 heterocycles. The second-order valence-electron chi connectivity index (χ2n) is 4.43. The van der Waals surface area contributed by atoms with Crippen LogP contribution >= 0.6 is 11.6 Å². The van der Waals surface area contributed by atoms with Gasteiger partial charge in [0.25, 0.3) is 0 Å². The molecule has 0 radical (unpaired) electrons. The van der Waals surface area contributed by atoms with E-state index in [2.05, 4.69) is 9.71 Å². The van der Waals surface area contributed by atoms with Gasteiger partial charge in [-0.05, 0) is 31.9 Å². The van der Waals surface area contributed by atoms with Crippen LogP contribution in [0.1, 0.15) is 26.2 Å². The lowest BCUT2D eigenvalue weighted by Crippen LogP contribution is -2.44. The number of piperidine rings is 1. The van der Waals surface area contributed by atoms with Gasteiger partial charge in [-0.25, -0.2) is 4.98 Å². The highest BCUT2D eigenvalue weighted by atomic mass is 35.5. The first-order valence-electron chi connectivity index (χ1n) is 5.90. The van der Waals surface area contributed by atoms with Crippen molar-refractivity contribution in [2.75, 3.05) is 11.3 Å². The van der Waals surface area contributed by atoms with E-state index in [0.717, 1.165) is 19.3 Å².